The van der Waals surface area contributed by atoms with Gasteiger partial charge in [0.25, 0.3) is 0 Å². The zero-order chi connectivity index (χ0) is 13.9. The molecule has 1 aromatic carbocycles. The summed E-state index contributed by atoms with van der Waals surface area (Å²) in [5.74, 6) is 0.642. The normalized spacial score (nSPS) is 19.7. The second-order valence-corrected chi connectivity index (χ2v) is 5.49. The van der Waals surface area contributed by atoms with Gasteiger partial charge in [0.1, 0.15) is 5.75 Å². The Kier molecular flexibility index (Phi) is 3.98. The minimum atomic E-state index is 0.0691. The summed E-state index contributed by atoms with van der Waals surface area (Å²) in [6, 6.07) is 7.56. The minimum Gasteiger partial charge on any atom is -0.513 e. The number of phenols is 1. The lowest BCUT2D eigenvalue weighted by molar-refractivity contribution is 0.414. The first-order chi connectivity index (χ1) is 9.04. The minimum absolute atomic E-state index is 0.0691. The standard InChI is InChI=1S/C17H22O2/c1-13(5-6-14(2)18)17(11-3-4-12-17)15-7-9-16(19)10-8-15/h5-10,18-19H,3-4,11-12H2,1-2H3/b13-5+,14-6+. The fourth-order valence-corrected chi connectivity index (χ4v) is 3.07. The largest absolute Gasteiger partial charge is 0.513 e. The van der Waals surface area contributed by atoms with Crippen LogP contribution in [0.5, 0.6) is 5.75 Å². The van der Waals surface area contributed by atoms with Gasteiger partial charge in [-0.05, 0) is 50.5 Å². The molecule has 1 fully saturated rings. The number of aromatic hydroxyl groups is 1. The third-order valence-corrected chi connectivity index (χ3v) is 4.21. The molecule has 0 aromatic heterocycles. The first kappa shape index (κ1) is 13.7. The van der Waals surface area contributed by atoms with Crippen LogP contribution in [-0.4, -0.2) is 10.2 Å². The van der Waals surface area contributed by atoms with E-state index in [-0.39, 0.29) is 5.41 Å². The van der Waals surface area contributed by atoms with Crippen molar-refractivity contribution in [2.24, 2.45) is 0 Å². The zero-order valence-corrected chi connectivity index (χ0v) is 11.7. The summed E-state index contributed by atoms with van der Waals surface area (Å²) in [6.45, 7) is 3.82. The quantitative estimate of drug-likeness (QED) is 0.614. The van der Waals surface area contributed by atoms with Crippen molar-refractivity contribution < 1.29 is 10.2 Å². The van der Waals surface area contributed by atoms with Crippen molar-refractivity contribution >= 4 is 0 Å². The van der Waals surface area contributed by atoms with Gasteiger partial charge in [-0.15, -0.1) is 0 Å². The van der Waals surface area contributed by atoms with E-state index in [1.165, 1.54) is 24.0 Å². The van der Waals surface area contributed by atoms with Gasteiger partial charge < -0.3 is 10.2 Å². The third kappa shape index (κ3) is 2.83. The van der Waals surface area contributed by atoms with Gasteiger partial charge in [-0.3, -0.25) is 0 Å². The predicted octanol–water partition coefficient (Wildman–Crippen LogP) is 4.61. The lowest BCUT2D eigenvalue weighted by Gasteiger charge is -2.31. The number of hydrogen-bond donors (Lipinski definition) is 2. The maximum atomic E-state index is 9.44. The number of hydrogen-bond acceptors (Lipinski definition) is 2. The molecule has 0 unspecified atom stereocenters. The molecular formula is C17H22O2. The number of aliphatic hydroxyl groups is 1. The Morgan fingerprint density at radius 1 is 1.05 bits per heavy atom. The summed E-state index contributed by atoms with van der Waals surface area (Å²) in [4.78, 5) is 0. The summed E-state index contributed by atoms with van der Waals surface area (Å²) in [5.41, 5.74) is 2.62. The van der Waals surface area contributed by atoms with Crippen LogP contribution in [0.3, 0.4) is 0 Å². The average molecular weight is 258 g/mol. The summed E-state index contributed by atoms with van der Waals surface area (Å²) < 4.78 is 0. The molecule has 0 bridgehead atoms. The Morgan fingerprint density at radius 2 is 1.63 bits per heavy atom. The van der Waals surface area contributed by atoms with E-state index in [0.717, 1.165) is 12.8 Å². The van der Waals surface area contributed by atoms with Gasteiger partial charge in [0.15, 0.2) is 0 Å². The monoisotopic (exact) mass is 258 g/mol. The highest BCUT2D eigenvalue weighted by Crippen LogP contribution is 2.46. The molecule has 102 valence electrons. The van der Waals surface area contributed by atoms with Crippen LogP contribution < -0.4 is 0 Å². The Labute approximate surface area is 115 Å². The Bertz CT molecular complexity index is 484. The van der Waals surface area contributed by atoms with Crippen LogP contribution in [0.1, 0.15) is 45.1 Å². The molecule has 19 heavy (non-hydrogen) atoms. The number of benzene rings is 1. The molecule has 0 radical (unpaired) electrons. The van der Waals surface area contributed by atoms with Crippen molar-refractivity contribution in [3.63, 3.8) is 0 Å². The highest BCUT2D eigenvalue weighted by atomic mass is 16.3. The van der Waals surface area contributed by atoms with Crippen molar-refractivity contribution in [3.05, 3.63) is 53.3 Å². The third-order valence-electron chi connectivity index (χ3n) is 4.21. The van der Waals surface area contributed by atoms with E-state index in [4.69, 9.17) is 0 Å². The van der Waals surface area contributed by atoms with Crippen molar-refractivity contribution in [2.75, 3.05) is 0 Å². The summed E-state index contributed by atoms with van der Waals surface area (Å²) in [6.07, 6.45) is 8.52. The van der Waals surface area contributed by atoms with E-state index in [0.29, 0.717) is 11.5 Å². The molecule has 0 amide bonds. The van der Waals surface area contributed by atoms with E-state index < -0.39 is 0 Å². The molecule has 2 rings (SSSR count). The molecule has 0 heterocycles. The van der Waals surface area contributed by atoms with Crippen LogP contribution >= 0.6 is 0 Å². The van der Waals surface area contributed by atoms with Crippen LogP contribution in [0.15, 0.2) is 47.7 Å². The number of aliphatic hydroxyl groups excluding tert-OH is 1. The van der Waals surface area contributed by atoms with E-state index in [1.54, 1.807) is 25.1 Å². The van der Waals surface area contributed by atoms with E-state index >= 15 is 0 Å². The van der Waals surface area contributed by atoms with Gasteiger partial charge in [0.2, 0.25) is 0 Å². The fourth-order valence-electron chi connectivity index (χ4n) is 3.07. The van der Waals surface area contributed by atoms with Crippen molar-refractivity contribution in [2.45, 2.75) is 44.9 Å². The second-order valence-electron chi connectivity index (χ2n) is 5.49. The molecule has 1 aromatic rings. The first-order valence-corrected chi connectivity index (χ1v) is 6.89. The van der Waals surface area contributed by atoms with Gasteiger partial charge in [-0.2, -0.15) is 0 Å². The highest BCUT2D eigenvalue weighted by molar-refractivity contribution is 5.40. The van der Waals surface area contributed by atoms with Crippen LogP contribution in [-0.2, 0) is 5.41 Å². The van der Waals surface area contributed by atoms with Crippen LogP contribution in [0.2, 0.25) is 0 Å². The molecule has 2 heteroatoms. The van der Waals surface area contributed by atoms with E-state index in [2.05, 4.69) is 6.92 Å². The molecule has 0 atom stereocenters. The van der Waals surface area contributed by atoms with E-state index in [9.17, 15) is 10.2 Å². The summed E-state index contributed by atoms with van der Waals surface area (Å²) >= 11 is 0. The maximum Gasteiger partial charge on any atom is 0.115 e. The molecule has 0 spiro atoms. The van der Waals surface area contributed by atoms with E-state index in [1.807, 2.05) is 18.2 Å². The number of allylic oxidation sites excluding steroid dienone is 4. The topological polar surface area (TPSA) is 40.5 Å². The Morgan fingerprint density at radius 3 is 2.16 bits per heavy atom. The van der Waals surface area contributed by atoms with Crippen LogP contribution in [0.25, 0.3) is 0 Å². The second kappa shape index (κ2) is 5.52. The number of phenolic OH excluding ortho intramolecular Hbond substituents is 1. The fraction of sp³-hybridized carbons (Fsp3) is 0.412. The predicted molar refractivity (Wildman–Crippen MR) is 78.4 cm³/mol. The average Bonchev–Trinajstić information content (AvgIpc) is 2.87. The summed E-state index contributed by atoms with van der Waals surface area (Å²) in [7, 11) is 0. The molecule has 1 saturated carbocycles. The smallest absolute Gasteiger partial charge is 0.115 e. The summed E-state index contributed by atoms with van der Waals surface area (Å²) in [5, 5.41) is 18.8. The van der Waals surface area contributed by atoms with Gasteiger partial charge in [0.05, 0.1) is 5.76 Å². The lowest BCUT2D eigenvalue weighted by atomic mass is 9.73. The molecule has 1 aliphatic carbocycles. The van der Waals surface area contributed by atoms with Crippen molar-refractivity contribution in [3.8, 4) is 5.75 Å². The van der Waals surface area contributed by atoms with Gasteiger partial charge in [-0.1, -0.05) is 36.6 Å². The molecule has 2 nitrogen and oxygen atoms in total. The van der Waals surface area contributed by atoms with Crippen LogP contribution in [0, 0.1) is 0 Å². The van der Waals surface area contributed by atoms with Crippen molar-refractivity contribution in [1.29, 1.82) is 0 Å². The lowest BCUT2D eigenvalue weighted by Crippen LogP contribution is -2.23. The Balaban J connectivity index is 2.40. The number of rotatable bonds is 3. The molecule has 2 N–H and O–H groups in total. The molecule has 0 saturated heterocycles. The maximum absolute atomic E-state index is 9.44. The molecule has 1 aliphatic rings. The zero-order valence-electron chi connectivity index (χ0n) is 11.7. The van der Waals surface area contributed by atoms with Crippen molar-refractivity contribution in [1.82, 2.24) is 0 Å². The Hall–Kier alpha value is -1.70. The molecular weight excluding hydrogens is 236 g/mol. The van der Waals surface area contributed by atoms with Crippen LogP contribution in [0.4, 0.5) is 0 Å². The highest BCUT2D eigenvalue weighted by Gasteiger charge is 2.36. The molecule has 0 aliphatic heterocycles. The SMILES string of the molecule is C/C(O)=C\C=C(/C)C1(c2ccc(O)cc2)CCCC1. The van der Waals surface area contributed by atoms with Gasteiger partial charge >= 0.3 is 0 Å². The van der Waals surface area contributed by atoms with Gasteiger partial charge in [-0.25, -0.2) is 0 Å². The first-order valence-electron chi connectivity index (χ1n) is 6.89. The van der Waals surface area contributed by atoms with Gasteiger partial charge in [0, 0.05) is 5.41 Å².